The molecule has 0 aliphatic carbocycles. The number of amides is 5. The van der Waals surface area contributed by atoms with Crippen LogP contribution >= 0.6 is 0 Å². The lowest BCUT2D eigenvalue weighted by atomic mass is 10.0. The van der Waals surface area contributed by atoms with Gasteiger partial charge in [-0.3, -0.25) is 14.4 Å². The molecule has 3 atom stereocenters. The van der Waals surface area contributed by atoms with E-state index in [1.807, 2.05) is 44.2 Å². The molecular weight excluding hydrogens is 730 g/mol. The minimum atomic E-state index is -4.36. The maximum absolute atomic E-state index is 15.6. The number of nitrogens with zero attached hydrogens (tertiary/aromatic N) is 1. The fraction of sp³-hybridized carbons (Fsp3) is 0.275. The van der Waals surface area contributed by atoms with Crippen LogP contribution in [0.3, 0.4) is 0 Å². The lowest BCUT2D eigenvalue weighted by molar-refractivity contribution is -0.139. The summed E-state index contributed by atoms with van der Waals surface area (Å²) < 4.78 is 49.6. The molecular formula is C40H42FN5O8S. The SMILES string of the molecule is CC(=O)Nc1ccc(S(=O)(=O)C2CC(C(=O)NCC(C)C)N(C(=O)CNC(=O)Nc3cccc(C(=O)OCc4ccccc4)c3)C2c2ccccc2F)cc1. The molecule has 1 aliphatic heterocycles. The average molecular weight is 772 g/mol. The van der Waals surface area contributed by atoms with Crippen molar-refractivity contribution in [2.75, 3.05) is 23.7 Å². The van der Waals surface area contributed by atoms with Crippen LogP contribution in [-0.4, -0.2) is 67.4 Å². The number of hydrogen-bond acceptors (Lipinski definition) is 8. The molecule has 5 rings (SSSR count). The first-order valence-corrected chi connectivity index (χ1v) is 19.1. The first-order chi connectivity index (χ1) is 26.2. The Balaban J connectivity index is 1.38. The van der Waals surface area contributed by atoms with E-state index in [0.717, 1.165) is 16.5 Å². The number of nitrogens with one attached hydrogen (secondary N) is 4. The number of hydrogen-bond donors (Lipinski definition) is 4. The van der Waals surface area contributed by atoms with Crippen LogP contribution in [0.1, 0.15) is 54.7 Å². The third-order valence-electron chi connectivity index (χ3n) is 8.81. The molecule has 5 amide bonds. The van der Waals surface area contributed by atoms with Crippen LogP contribution in [0.5, 0.6) is 0 Å². The van der Waals surface area contributed by atoms with Crippen LogP contribution in [0.25, 0.3) is 0 Å². The second kappa shape index (κ2) is 17.8. The number of rotatable bonds is 13. The number of sulfone groups is 1. The standard InChI is InChI=1S/C40H42FN5O8S/c1-25(2)22-42-38(49)34-21-35(55(52,53)31-18-16-29(17-19-31)44-26(3)47)37(32-14-7-8-15-33(32)41)46(34)36(48)23-43-40(51)45-30-13-9-12-28(20-30)39(50)54-24-27-10-5-4-6-11-27/h4-20,25,34-35,37H,21-24H2,1-3H3,(H,42,49)(H,44,47)(H2,43,45,51). The van der Waals surface area contributed by atoms with E-state index >= 15 is 4.39 Å². The number of carbonyl (C=O) groups excluding carboxylic acids is 5. The Morgan fingerprint density at radius 1 is 0.836 bits per heavy atom. The van der Waals surface area contributed by atoms with Gasteiger partial charge in [0.2, 0.25) is 17.7 Å². The number of benzene rings is 4. The molecule has 1 fully saturated rings. The number of anilines is 2. The maximum atomic E-state index is 15.6. The lowest BCUT2D eigenvalue weighted by Gasteiger charge is -2.32. The van der Waals surface area contributed by atoms with Crippen molar-refractivity contribution in [1.29, 1.82) is 0 Å². The molecule has 0 spiro atoms. The lowest BCUT2D eigenvalue weighted by Crippen LogP contribution is -2.50. The van der Waals surface area contributed by atoms with E-state index < -0.39 is 63.3 Å². The van der Waals surface area contributed by atoms with Gasteiger partial charge in [-0.15, -0.1) is 0 Å². The molecule has 1 heterocycles. The number of urea groups is 1. The van der Waals surface area contributed by atoms with E-state index in [1.54, 1.807) is 0 Å². The van der Waals surface area contributed by atoms with Gasteiger partial charge < -0.3 is 30.9 Å². The van der Waals surface area contributed by atoms with Gasteiger partial charge in [0.25, 0.3) is 0 Å². The van der Waals surface area contributed by atoms with Gasteiger partial charge in [-0.2, -0.15) is 0 Å². The molecule has 4 N–H and O–H groups in total. The molecule has 1 aliphatic rings. The number of carbonyl (C=O) groups is 5. The highest BCUT2D eigenvalue weighted by atomic mass is 32.2. The second-order valence-electron chi connectivity index (χ2n) is 13.4. The molecule has 288 valence electrons. The molecule has 0 saturated carbocycles. The first kappa shape index (κ1) is 40.1. The van der Waals surface area contributed by atoms with Crippen molar-refractivity contribution in [3.8, 4) is 0 Å². The molecule has 0 bridgehead atoms. The van der Waals surface area contributed by atoms with Crippen molar-refractivity contribution in [2.24, 2.45) is 5.92 Å². The minimum absolute atomic E-state index is 0.0214. The van der Waals surface area contributed by atoms with Crippen LogP contribution in [0.2, 0.25) is 0 Å². The zero-order valence-corrected chi connectivity index (χ0v) is 31.3. The van der Waals surface area contributed by atoms with Crippen LogP contribution in [0.4, 0.5) is 20.6 Å². The van der Waals surface area contributed by atoms with Gasteiger partial charge in [0.05, 0.1) is 28.3 Å². The quantitative estimate of drug-likeness (QED) is 0.134. The zero-order valence-electron chi connectivity index (χ0n) is 30.5. The normalized spacial score (nSPS) is 16.6. The third kappa shape index (κ3) is 10.1. The van der Waals surface area contributed by atoms with Crippen LogP contribution in [-0.2, 0) is 35.6 Å². The van der Waals surface area contributed by atoms with Crippen LogP contribution in [0.15, 0.2) is 108 Å². The van der Waals surface area contributed by atoms with Crippen molar-refractivity contribution < 1.29 is 41.5 Å². The van der Waals surface area contributed by atoms with E-state index in [0.29, 0.717) is 5.69 Å². The molecule has 13 nitrogen and oxygen atoms in total. The fourth-order valence-corrected chi connectivity index (χ4v) is 8.16. The molecule has 0 aromatic heterocycles. The summed E-state index contributed by atoms with van der Waals surface area (Å²) in [6.45, 7) is 4.62. The first-order valence-electron chi connectivity index (χ1n) is 17.6. The van der Waals surface area contributed by atoms with Crippen molar-refractivity contribution >= 4 is 50.9 Å². The van der Waals surface area contributed by atoms with Crippen LogP contribution < -0.4 is 21.3 Å². The highest BCUT2D eigenvalue weighted by Gasteiger charge is 2.53. The van der Waals surface area contributed by atoms with Gasteiger partial charge in [-0.25, -0.2) is 22.4 Å². The molecule has 4 aromatic rings. The van der Waals surface area contributed by atoms with Gasteiger partial charge in [-0.05, 0) is 66.4 Å². The highest BCUT2D eigenvalue weighted by Crippen LogP contribution is 2.43. The zero-order chi connectivity index (χ0) is 39.7. The van der Waals surface area contributed by atoms with E-state index in [9.17, 15) is 32.4 Å². The molecule has 0 radical (unpaired) electrons. The predicted octanol–water partition coefficient (Wildman–Crippen LogP) is 5.22. The summed E-state index contributed by atoms with van der Waals surface area (Å²) >= 11 is 0. The molecule has 3 unspecified atom stereocenters. The smallest absolute Gasteiger partial charge is 0.338 e. The summed E-state index contributed by atoms with van der Waals surface area (Å²) in [6, 6.07) is 22.2. The predicted molar refractivity (Wildman–Crippen MR) is 203 cm³/mol. The largest absolute Gasteiger partial charge is 0.457 e. The fourth-order valence-electron chi connectivity index (χ4n) is 6.24. The van der Waals surface area contributed by atoms with Gasteiger partial charge in [0.1, 0.15) is 18.5 Å². The number of halogens is 1. The summed E-state index contributed by atoms with van der Waals surface area (Å²) in [5.74, 6) is -3.22. The van der Waals surface area contributed by atoms with Crippen molar-refractivity contribution in [1.82, 2.24) is 15.5 Å². The van der Waals surface area contributed by atoms with E-state index in [4.69, 9.17) is 4.74 Å². The second-order valence-corrected chi connectivity index (χ2v) is 15.6. The minimum Gasteiger partial charge on any atom is -0.457 e. The molecule has 55 heavy (non-hydrogen) atoms. The van der Waals surface area contributed by atoms with E-state index in [1.165, 1.54) is 73.7 Å². The summed E-state index contributed by atoms with van der Waals surface area (Å²) in [4.78, 5) is 66.0. The summed E-state index contributed by atoms with van der Waals surface area (Å²) in [7, 11) is -4.36. The van der Waals surface area contributed by atoms with Gasteiger partial charge in [0.15, 0.2) is 9.84 Å². The van der Waals surface area contributed by atoms with E-state index in [-0.39, 0.29) is 53.1 Å². The summed E-state index contributed by atoms with van der Waals surface area (Å²) in [5, 5.41) is 8.85. The average Bonchev–Trinajstić information content (AvgIpc) is 3.57. The van der Waals surface area contributed by atoms with Gasteiger partial charge in [-0.1, -0.05) is 68.4 Å². The van der Waals surface area contributed by atoms with E-state index in [2.05, 4.69) is 21.3 Å². The Bertz CT molecular complexity index is 2150. The Hall–Kier alpha value is -6.09. The Kier molecular flexibility index (Phi) is 13.0. The number of likely N-dealkylation sites (tertiary alicyclic amines) is 1. The van der Waals surface area contributed by atoms with Gasteiger partial charge in [0, 0.05) is 30.4 Å². The highest BCUT2D eigenvalue weighted by molar-refractivity contribution is 7.92. The Labute approximate surface area is 318 Å². The van der Waals surface area contributed by atoms with Crippen LogP contribution in [0, 0.1) is 11.7 Å². The number of ether oxygens (including phenoxy) is 1. The molecule has 15 heteroatoms. The molecule has 1 saturated heterocycles. The third-order valence-corrected chi connectivity index (χ3v) is 11.0. The van der Waals surface area contributed by atoms with Crippen molar-refractivity contribution in [2.45, 2.75) is 56.0 Å². The number of esters is 1. The summed E-state index contributed by atoms with van der Waals surface area (Å²) in [5.41, 5.74) is 1.41. The monoisotopic (exact) mass is 771 g/mol. The Morgan fingerprint density at radius 2 is 1.53 bits per heavy atom. The Morgan fingerprint density at radius 3 is 2.20 bits per heavy atom. The maximum Gasteiger partial charge on any atom is 0.338 e. The molecule has 4 aromatic carbocycles. The van der Waals surface area contributed by atoms with Gasteiger partial charge >= 0.3 is 12.0 Å². The van der Waals surface area contributed by atoms with Crippen molar-refractivity contribution in [3.63, 3.8) is 0 Å². The summed E-state index contributed by atoms with van der Waals surface area (Å²) in [6.07, 6.45) is -0.371. The topological polar surface area (TPSA) is 180 Å². The van der Waals surface area contributed by atoms with Crippen molar-refractivity contribution in [3.05, 3.63) is 126 Å².